The normalized spacial score (nSPS) is 11.0. The molecule has 0 N–H and O–H groups in total. The van der Waals surface area contributed by atoms with E-state index < -0.39 is 0 Å². The molecule has 4 nitrogen and oxygen atoms in total. The first-order valence-corrected chi connectivity index (χ1v) is 7.44. The number of hydrogen-bond acceptors (Lipinski definition) is 3. The van der Waals surface area contributed by atoms with E-state index in [1.165, 1.54) is 4.57 Å². The van der Waals surface area contributed by atoms with Gasteiger partial charge in [-0.1, -0.05) is 35.9 Å². The van der Waals surface area contributed by atoms with Gasteiger partial charge in [-0.15, -0.1) is 0 Å². The third kappa shape index (κ3) is 2.24. The van der Waals surface area contributed by atoms with Crippen LogP contribution in [0.4, 0.5) is 0 Å². The van der Waals surface area contributed by atoms with Crippen molar-refractivity contribution >= 4 is 22.5 Å². The first-order chi connectivity index (χ1) is 11.3. The number of hydrogen-bond donors (Lipinski definition) is 0. The summed E-state index contributed by atoms with van der Waals surface area (Å²) in [4.78, 5) is 17.6. The van der Waals surface area contributed by atoms with Crippen LogP contribution in [0.5, 0.6) is 0 Å². The van der Waals surface area contributed by atoms with E-state index in [-0.39, 0.29) is 5.56 Å². The molecule has 0 aliphatic heterocycles. The standard InChI is InChI=1S/C18H11ClN2O2/c19-13-7-2-4-9-15(13)21-17(16-10-5-11-23-16)20-14-8-3-1-6-12(14)18(21)22/h1-11H. The Balaban J connectivity index is 2.17. The molecule has 0 saturated heterocycles. The SMILES string of the molecule is O=c1c2ccccc2nc(-c2ccco2)n1-c1ccccc1Cl. The van der Waals surface area contributed by atoms with Crippen LogP contribution < -0.4 is 5.56 Å². The summed E-state index contributed by atoms with van der Waals surface area (Å²) in [5, 5.41) is 1.00. The molecule has 4 rings (SSSR count). The third-order valence-electron chi connectivity index (χ3n) is 3.61. The predicted molar refractivity (Wildman–Crippen MR) is 90.1 cm³/mol. The summed E-state index contributed by atoms with van der Waals surface area (Å²) in [6.45, 7) is 0. The van der Waals surface area contributed by atoms with Gasteiger partial charge >= 0.3 is 0 Å². The number of fused-ring (bicyclic) bond motifs is 1. The molecular formula is C18H11ClN2O2. The van der Waals surface area contributed by atoms with E-state index in [4.69, 9.17) is 16.0 Å². The molecule has 5 heteroatoms. The fourth-order valence-corrected chi connectivity index (χ4v) is 2.78. The van der Waals surface area contributed by atoms with Crippen molar-refractivity contribution in [3.05, 3.63) is 82.3 Å². The fourth-order valence-electron chi connectivity index (χ4n) is 2.56. The summed E-state index contributed by atoms with van der Waals surface area (Å²) in [6, 6.07) is 17.9. The molecule has 2 aromatic carbocycles. The van der Waals surface area contributed by atoms with Gasteiger partial charge in [0.1, 0.15) is 0 Å². The van der Waals surface area contributed by atoms with Crippen LogP contribution in [0.3, 0.4) is 0 Å². The van der Waals surface area contributed by atoms with Gasteiger partial charge in [0.05, 0.1) is 27.9 Å². The number of benzene rings is 2. The van der Waals surface area contributed by atoms with Gasteiger partial charge in [-0.2, -0.15) is 0 Å². The van der Waals surface area contributed by atoms with Crippen molar-refractivity contribution in [2.24, 2.45) is 0 Å². The lowest BCUT2D eigenvalue weighted by molar-refractivity contribution is 0.574. The molecule has 0 amide bonds. The van der Waals surface area contributed by atoms with Gasteiger partial charge < -0.3 is 4.42 Å². The first-order valence-electron chi connectivity index (χ1n) is 7.06. The van der Waals surface area contributed by atoms with E-state index in [9.17, 15) is 4.79 Å². The van der Waals surface area contributed by atoms with E-state index >= 15 is 0 Å². The molecule has 23 heavy (non-hydrogen) atoms. The smallest absolute Gasteiger partial charge is 0.266 e. The maximum atomic E-state index is 13.0. The summed E-state index contributed by atoms with van der Waals surface area (Å²) >= 11 is 6.30. The second-order valence-corrected chi connectivity index (χ2v) is 5.43. The Morgan fingerprint density at radius 3 is 2.52 bits per heavy atom. The van der Waals surface area contributed by atoms with Gasteiger partial charge in [0.2, 0.25) is 0 Å². The third-order valence-corrected chi connectivity index (χ3v) is 3.93. The molecule has 0 unspecified atom stereocenters. The number of halogens is 1. The Bertz CT molecular complexity index is 1050. The second-order valence-electron chi connectivity index (χ2n) is 5.02. The van der Waals surface area contributed by atoms with Crippen LogP contribution in [0.2, 0.25) is 5.02 Å². The van der Waals surface area contributed by atoms with Crippen LogP contribution in [-0.2, 0) is 0 Å². The Hall–Kier alpha value is -2.85. The predicted octanol–water partition coefficient (Wildman–Crippen LogP) is 4.30. The van der Waals surface area contributed by atoms with E-state index in [0.717, 1.165) is 0 Å². The van der Waals surface area contributed by atoms with Gasteiger partial charge in [0.15, 0.2) is 11.6 Å². The summed E-state index contributed by atoms with van der Waals surface area (Å²) < 4.78 is 6.95. The van der Waals surface area contributed by atoms with Crippen LogP contribution in [0.15, 0.2) is 76.1 Å². The minimum absolute atomic E-state index is 0.185. The molecule has 0 radical (unpaired) electrons. The molecule has 2 heterocycles. The Kier molecular flexibility index (Phi) is 3.24. The van der Waals surface area contributed by atoms with Gasteiger partial charge in [-0.25, -0.2) is 4.98 Å². The van der Waals surface area contributed by atoms with E-state index in [1.807, 2.05) is 24.3 Å². The molecule has 0 fully saturated rings. The van der Waals surface area contributed by atoms with Crippen molar-refractivity contribution < 1.29 is 4.42 Å². The van der Waals surface area contributed by atoms with E-state index in [2.05, 4.69) is 4.98 Å². The topological polar surface area (TPSA) is 48.0 Å². The second kappa shape index (κ2) is 5.41. The van der Waals surface area contributed by atoms with Crippen LogP contribution in [-0.4, -0.2) is 9.55 Å². The Morgan fingerprint density at radius 1 is 0.957 bits per heavy atom. The van der Waals surface area contributed by atoms with Crippen LogP contribution in [0.25, 0.3) is 28.2 Å². The highest BCUT2D eigenvalue weighted by Crippen LogP contribution is 2.26. The summed E-state index contributed by atoms with van der Waals surface area (Å²) in [6.07, 6.45) is 1.55. The molecule has 0 spiro atoms. The van der Waals surface area contributed by atoms with Gasteiger partial charge in [0, 0.05) is 0 Å². The molecule has 0 saturated carbocycles. The number of aromatic nitrogens is 2. The largest absolute Gasteiger partial charge is 0.461 e. The first kappa shape index (κ1) is 13.8. The maximum Gasteiger partial charge on any atom is 0.266 e. The summed E-state index contributed by atoms with van der Waals surface area (Å²) in [5.74, 6) is 0.930. The summed E-state index contributed by atoms with van der Waals surface area (Å²) in [7, 11) is 0. The monoisotopic (exact) mass is 322 g/mol. The zero-order valence-electron chi connectivity index (χ0n) is 11.9. The number of rotatable bonds is 2. The van der Waals surface area contributed by atoms with E-state index in [0.29, 0.717) is 33.2 Å². The van der Waals surface area contributed by atoms with Crippen LogP contribution in [0, 0.1) is 0 Å². The molecule has 112 valence electrons. The quantitative estimate of drug-likeness (QED) is 0.553. The molecule has 0 aliphatic carbocycles. The minimum atomic E-state index is -0.185. The van der Waals surface area contributed by atoms with Crippen LogP contribution in [0.1, 0.15) is 0 Å². The number of nitrogens with zero attached hydrogens (tertiary/aromatic N) is 2. The molecule has 4 aromatic rings. The molecular weight excluding hydrogens is 312 g/mol. The average molecular weight is 323 g/mol. The van der Waals surface area contributed by atoms with Crippen molar-refractivity contribution in [2.75, 3.05) is 0 Å². The Morgan fingerprint density at radius 2 is 1.74 bits per heavy atom. The zero-order chi connectivity index (χ0) is 15.8. The van der Waals surface area contributed by atoms with Crippen molar-refractivity contribution in [3.63, 3.8) is 0 Å². The van der Waals surface area contributed by atoms with Crippen molar-refractivity contribution in [1.29, 1.82) is 0 Å². The minimum Gasteiger partial charge on any atom is -0.461 e. The highest BCUT2D eigenvalue weighted by atomic mass is 35.5. The lowest BCUT2D eigenvalue weighted by atomic mass is 10.2. The molecule has 0 bridgehead atoms. The van der Waals surface area contributed by atoms with E-state index in [1.54, 1.807) is 42.7 Å². The van der Waals surface area contributed by atoms with Gasteiger partial charge in [-0.05, 0) is 36.4 Å². The summed E-state index contributed by atoms with van der Waals surface area (Å²) in [5.41, 5.74) is 1.01. The fraction of sp³-hybridized carbons (Fsp3) is 0. The Labute approximate surface area is 136 Å². The van der Waals surface area contributed by atoms with Crippen LogP contribution >= 0.6 is 11.6 Å². The molecule has 0 aliphatic rings. The highest BCUT2D eigenvalue weighted by Gasteiger charge is 2.17. The number of para-hydroxylation sites is 2. The van der Waals surface area contributed by atoms with Crippen molar-refractivity contribution in [2.45, 2.75) is 0 Å². The van der Waals surface area contributed by atoms with Crippen molar-refractivity contribution in [3.8, 4) is 17.3 Å². The highest BCUT2D eigenvalue weighted by molar-refractivity contribution is 6.32. The molecule has 0 atom stereocenters. The number of furan rings is 1. The van der Waals surface area contributed by atoms with Gasteiger partial charge in [0.25, 0.3) is 5.56 Å². The zero-order valence-corrected chi connectivity index (χ0v) is 12.7. The van der Waals surface area contributed by atoms with Gasteiger partial charge in [-0.3, -0.25) is 9.36 Å². The average Bonchev–Trinajstić information content (AvgIpc) is 3.10. The maximum absolute atomic E-state index is 13.0. The lowest BCUT2D eigenvalue weighted by Gasteiger charge is -2.13. The van der Waals surface area contributed by atoms with Crippen molar-refractivity contribution in [1.82, 2.24) is 9.55 Å². The molecule has 2 aromatic heterocycles. The lowest BCUT2D eigenvalue weighted by Crippen LogP contribution is -2.22.